The number of carbonyl (C=O) groups is 1. The Kier molecular flexibility index (Phi) is 2.99. The number of rotatable bonds is 3. The van der Waals surface area contributed by atoms with Crippen LogP contribution in [0.25, 0.3) is 21.9 Å². The third-order valence-electron chi connectivity index (χ3n) is 4.25. The number of aromatic nitrogens is 1. The third kappa shape index (κ3) is 2.01. The van der Waals surface area contributed by atoms with Crippen LogP contribution in [0, 0.1) is 5.21 Å². The Bertz CT molecular complexity index is 862. The summed E-state index contributed by atoms with van der Waals surface area (Å²) in [6.45, 7) is 0. The molecule has 2 heterocycles. The van der Waals surface area contributed by atoms with E-state index in [1.165, 1.54) is 25.2 Å². The van der Waals surface area contributed by atoms with Gasteiger partial charge < -0.3 is 14.4 Å². The number of hydrogen-bond acceptors (Lipinski definition) is 4. The molecule has 112 valence electrons. The summed E-state index contributed by atoms with van der Waals surface area (Å²) in [5.41, 5.74) is 1.61. The molecule has 22 heavy (non-hydrogen) atoms. The van der Waals surface area contributed by atoms with E-state index < -0.39 is 0 Å². The number of furan rings is 1. The van der Waals surface area contributed by atoms with Crippen LogP contribution < -0.4 is 9.47 Å². The average molecular weight is 297 g/mol. The van der Waals surface area contributed by atoms with E-state index in [9.17, 15) is 10.0 Å². The van der Waals surface area contributed by atoms with Gasteiger partial charge in [0.15, 0.2) is 30.0 Å². The molecule has 0 saturated heterocycles. The van der Waals surface area contributed by atoms with Crippen molar-refractivity contribution in [2.24, 2.45) is 0 Å². The highest BCUT2D eigenvalue weighted by atomic mass is 16.5. The van der Waals surface area contributed by atoms with E-state index in [0.29, 0.717) is 38.0 Å². The second-order valence-corrected chi connectivity index (χ2v) is 5.68. The maximum Gasteiger partial charge on any atom is 0.192 e. The Hall–Kier alpha value is -2.56. The van der Waals surface area contributed by atoms with Crippen LogP contribution in [0.3, 0.4) is 0 Å². The lowest BCUT2D eigenvalue weighted by atomic mass is 10.1. The molecule has 0 bridgehead atoms. The van der Waals surface area contributed by atoms with Crippen molar-refractivity contribution in [2.75, 3.05) is 0 Å². The Morgan fingerprint density at radius 1 is 1.27 bits per heavy atom. The lowest BCUT2D eigenvalue weighted by Gasteiger charge is -2.13. The van der Waals surface area contributed by atoms with Crippen molar-refractivity contribution in [3.05, 3.63) is 41.4 Å². The van der Waals surface area contributed by atoms with Crippen LogP contribution in [0.1, 0.15) is 36.0 Å². The van der Waals surface area contributed by atoms with Crippen molar-refractivity contribution in [2.45, 2.75) is 31.8 Å². The second-order valence-electron chi connectivity index (χ2n) is 5.68. The molecule has 5 heteroatoms. The van der Waals surface area contributed by atoms with Crippen LogP contribution in [-0.4, -0.2) is 12.4 Å². The van der Waals surface area contributed by atoms with E-state index in [1.807, 2.05) is 0 Å². The topological polar surface area (TPSA) is 66.4 Å². The standard InChI is InChI=1S/C17H15NO4/c19-10-11-5-6-15(21-12-3-1-2-4-12)17-16(11)13-9-18(20)8-7-14(13)22-17/h5-10,12H,1-4H2. The first-order valence-corrected chi connectivity index (χ1v) is 7.46. The fourth-order valence-corrected chi connectivity index (χ4v) is 3.19. The monoisotopic (exact) mass is 297 g/mol. The molecule has 0 spiro atoms. The minimum absolute atomic E-state index is 0.197. The highest BCUT2D eigenvalue weighted by Crippen LogP contribution is 2.37. The summed E-state index contributed by atoms with van der Waals surface area (Å²) in [4.78, 5) is 11.3. The van der Waals surface area contributed by atoms with Crippen LogP contribution in [0.5, 0.6) is 5.75 Å². The zero-order chi connectivity index (χ0) is 15.1. The Morgan fingerprint density at radius 2 is 2.09 bits per heavy atom. The van der Waals surface area contributed by atoms with E-state index in [4.69, 9.17) is 9.15 Å². The molecule has 0 aliphatic heterocycles. The second kappa shape index (κ2) is 5.02. The largest absolute Gasteiger partial charge is 0.619 e. The van der Waals surface area contributed by atoms with Crippen LogP contribution >= 0.6 is 0 Å². The number of hydrogen-bond donors (Lipinski definition) is 0. The van der Waals surface area contributed by atoms with E-state index in [0.717, 1.165) is 19.1 Å². The molecule has 0 amide bonds. The van der Waals surface area contributed by atoms with E-state index >= 15 is 0 Å². The molecule has 0 N–H and O–H groups in total. The Morgan fingerprint density at radius 3 is 2.86 bits per heavy atom. The molecule has 1 aliphatic carbocycles. The molecule has 0 unspecified atom stereocenters. The van der Waals surface area contributed by atoms with Crippen molar-refractivity contribution in [3.63, 3.8) is 0 Å². The van der Waals surface area contributed by atoms with Gasteiger partial charge in [0, 0.05) is 17.0 Å². The van der Waals surface area contributed by atoms with Gasteiger partial charge in [-0.2, -0.15) is 4.73 Å². The summed E-state index contributed by atoms with van der Waals surface area (Å²) in [5.74, 6) is 0.640. The van der Waals surface area contributed by atoms with Gasteiger partial charge in [0.2, 0.25) is 0 Å². The van der Waals surface area contributed by atoms with Crippen molar-refractivity contribution in [1.82, 2.24) is 0 Å². The number of ether oxygens (including phenoxy) is 1. The number of carbonyl (C=O) groups excluding carboxylic acids is 1. The van der Waals surface area contributed by atoms with Crippen LogP contribution in [0.4, 0.5) is 0 Å². The SMILES string of the molecule is O=Cc1ccc(OC2CCCC2)c2oc3cc[n+]([O-])cc3c12. The van der Waals surface area contributed by atoms with Crippen LogP contribution in [-0.2, 0) is 0 Å². The minimum Gasteiger partial charge on any atom is -0.619 e. The number of benzene rings is 1. The number of pyridine rings is 1. The van der Waals surface area contributed by atoms with Gasteiger partial charge in [-0.05, 0) is 37.8 Å². The zero-order valence-electron chi connectivity index (χ0n) is 12.0. The van der Waals surface area contributed by atoms with E-state index in [-0.39, 0.29) is 6.10 Å². The summed E-state index contributed by atoms with van der Waals surface area (Å²) in [7, 11) is 0. The molecule has 1 saturated carbocycles. The molecule has 1 aromatic carbocycles. The summed E-state index contributed by atoms with van der Waals surface area (Å²) < 4.78 is 12.6. The fraction of sp³-hybridized carbons (Fsp3) is 0.294. The van der Waals surface area contributed by atoms with E-state index in [1.54, 1.807) is 18.2 Å². The number of fused-ring (bicyclic) bond motifs is 3. The van der Waals surface area contributed by atoms with Crippen molar-refractivity contribution in [3.8, 4) is 5.75 Å². The smallest absolute Gasteiger partial charge is 0.192 e. The summed E-state index contributed by atoms with van der Waals surface area (Å²) in [5, 5.41) is 12.8. The lowest BCUT2D eigenvalue weighted by Crippen LogP contribution is -2.23. The van der Waals surface area contributed by atoms with Gasteiger partial charge >= 0.3 is 0 Å². The highest BCUT2D eigenvalue weighted by Gasteiger charge is 2.21. The van der Waals surface area contributed by atoms with Gasteiger partial charge in [-0.1, -0.05) is 0 Å². The first-order valence-electron chi connectivity index (χ1n) is 7.46. The van der Waals surface area contributed by atoms with Gasteiger partial charge in [0.1, 0.15) is 5.58 Å². The van der Waals surface area contributed by atoms with Crippen molar-refractivity contribution >= 4 is 28.2 Å². The Labute approximate surface area is 126 Å². The van der Waals surface area contributed by atoms with E-state index in [2.05, 4.69) is 0 Å². The normalized spacial score (nSPS) is 15.6. The number of aldehydes is 1. The number of nitrogens with zero attached hydrogens (tertiary/aromatic N) is 1. The van der Waals surface area contributed by atoms with Crippen LogP contribution in [0.2, 0.25) is 0 Å². The predicted octanol–water partition coefficient (Wildman–Crippen LogP) is 3.35. The summed E-state index contributed by atoms with van der Waals surface area (Å²) in [6, 6.07) is 5.10. The van der Waals surface area contributed by atoms with Gasteiger partial charge in [-0.3, -0.25) is 4.79 Å². The molecule has 3 aromatic rings. The summed E-state index contributed by atoms with van der Waals surface area (Å²) >= 11 is 0. The molecular formula is C17H15NO4. The zero-order valence-corrected chi connectivity index (χ0v) is 12.0. The van der Waals surface area contributed by atoms with Gasteiger partial charge in [0.05, 0.1) is 11.5 Å². The molecule has 5 nitrogen and oxygen atoms in total. The van der Waals surface area contributed by atoms with Gasteiger partial charge in [0.25, 0.3) is 0 Å². The average Bonchev–Trinajstić information content (AvgIpc) is 3.15. The van der Waals surface area contributed by atoms with Gasteiger partial charge in [-0.25, -0.2) is 0 Å². The molecule has 4 rings (SSSR count). The first-order chi connectivity index (χ1) is 10.8. The molecule has 2 aromatic heterocycles. The van der Waals surface area contributed by atoms with Crippen molar-refractivity contribution in [1.29, 1.82) is 0 Å². The quantitative estimate of drug-likeness (QED) is 0.422. The minimum atomic E-state index is 0.197. The fourth-order valence-electron chi connectivity index (χ4n) is 3.19. The maximum absolute atomic E-state index is 11.5. The first kappa shape index (κ1) is 13.1. The third-order valence-corrected chi connectivity index (χ3v) is 4.25. The van der Waals surface area contributed by atoms with Crippen molar-refractivity contribution < 1.29 is 18.7 Å². The molecule has 0 radical (unpaired) electrons. The molecular weight excluding hydrogens is 282 g/mol. The lowest BCUT2D eigenvalue weighted by molar-refractivity contribution is -0.603. The van der Waals surface area contributed by atoms with Crippen LogP contribution in [0.15, 0.2) is 35.0 Å². The Balaban J connectivity index is 1.94. The highest BCUT2D eigenvalue weighted by molar-refractivity contribution is 6.13. The summed E-state index contributed by atoms with van der Waals surface area (Å²) in [6.07, 6.45) is 8.21. The molecule has 0 atom stereocenters. The predicted molar refractivity (Wildman–Crippen MR) is 81.0 cm³/mol. The molecule has 1 aliphatic rings. The molecule has 1 fully saturated rings. The maximum atomic E-state index is 11.5. The van der Waals surface area contributed by atoms with Gasteiger partial charge in [-0.15, -0.1) is 0 Å².